The molecule has 0 fully saturated rings. The Morgan fingerprint density at radius 3 is 2.57 bits per heavy atom. The van der Waals surface area contributed by atoms with Crippen LogP contribution < -0.4 is 15.4 Å². The number of thiocarbonyl (C=S) groups is 1. The lowest BCUT2D eigenvalue weighted by atomic mass is 10.2. The van der Waals surface area contributed by atoms with Crippen LogP contribution in [-0.4, -0.2) is 18.1 Å². The molecular formula is C15H11BrCl2N2O2S. The molecule has 23 heavy (non-hydrogen) atoms. The van der Waals surface area contributed by atoms with Gasteiger partial charge in [0.2, 0.25) is 0 Å². The average molecular weight is 434 g/mol. The minimum Gasteiger partial charge on any atom is -0.496 e. The Labute approximate surface area is 157 Å². The number of nitrogens with one attached hydrogen (secondary N) is 2. The van der Waals surface area contributed by atoms with Crippen LogP contribution in [0.4, 0.5) is 5.69 Å². The number of hydrogen-bond acceptors (Lipinski definition) is 3. The fourth-order valence-corrected chi connectivity index (χ4v) is 3.00. The lowest BCUT2D eigenvalue weighted by molar-refractivity contribution is 0.0978. The molecule has 0 atom stereocenters. The summed E-state index contributed by atoms with van der Waals surface area (Å²) in [7, 11) is 1.58. The third kappa shape index (κ3) is 4.81. The molecule has 0 saturated heterocycles. The molecule has 0 aromatic heterocycles. The van der Waals surface area contributed by atoms with E-state index in [-0.39, 0.29) is 15.7 Å². The summed E-state index contributed by atoms with van der Waals surface area (Å²) >= 11 is 20.3. The van der Waals surface area contributed by atoms with Gasteiger partial charge in [-0.15, -0.1) is 0 Å². The second-order valence-corrected chi connectivity index (χ2v) is 6.49. The number of amides is 1. The monoisotopic (exact) mass is 432 g/mol. The number of methoxy groups -OCH3 is 1. The van der Waals surface area contributed by atoms with Crippen molar-refractivity contribution in [3.8, 4) is 5.75 Å². The van der Waals surface area contributed by atoms with E-state index in [0.717, 1.165) is 4.47 Å². The topological polar surface area (TPSA) is 50.4 Å². The summed E-state index contributed by atoms with van der Waals surface area (Å²) in [5.41, 5.74) is 0.987. The van der Waals surface area contributed by atoms with E-state index in [4.69, 9.17) is 40.2 Å². The molecule has 8 heteroatoms. The van der Waals surface area contributed by atoms with E-state index in [0.29, 0.717) is 16.5 Å². The molecule has 2 N–H and O–H groups in total. The van der Waals surface area contributed by atoms with Gasteiger partial charge >= 0.3 is 0 Å². The highest BCUT2D eigenvalue weighted by Gasteiger charge is 2.12. The molecule has 4 nitrogen and oxygen atoms in total. The summed E-state index contributed by atoms with van der Waals surface area (Å²) in [6, 6.07) is 9.94. The van der Waals surface area contributed by atoms with Gasteiger partial charge in [0.1, 0.15) is 5.75 Å². The molecule has 0 unspecified atom stereocenters. The number of anilines is 1. The average Bonchev–Trinajstić information content (AvgIpc) is 2.47. The summed E-state index contributed by atoms with van der Waals surface area (Å²) in [6.07, 6.45) is 0. The maximum atomic E-state index is 12.1. The molecule has 120 valence electrons. The van der Waals surface area contributed by atoms with Gasteiger partial charge in [-0.1, -0.05) is 23.2 Å². The van der Waals surface area contributed by atoms with E-state index < -0.39 is 5.91 Å². The second kappa shape index (κ2) is 7.97. The van der Waals surface area contributed by atoms with Gasteiger partial charge in [0, 0.05) is 10.7 Å². The smallest absolute Gasteiger partial charge is 0.258 e. The van der Waals surface area contributed by atoms with Crippen LogP contribution in [0, 0.1) is 0 Å². The predicted octanol–water partition coefficient (Wildman–Crippen LogP) is 4.89. The van der Waals surface area contributed by atoms with Crippen LogP contribution in [0.3, 0.4) is 0 Å². The lowest BCUT2D eigenvalue weighted by Crippen LogP contribution is -2.34. The number of ether oxygens (including phenoxy) is 1. The Balaban J connectivity index is 2.04. The normalized spacial score (nSPS) is 10.1. The minimum absolute atomic E-state index is 0.151. The molecular weight excluding hydrogens is 423 g/mol. The third-order valence-corrected chi connectivity index (χ3v) is 4.18. The summed E-state index contributed by atoms with van der Waals surface area (Å²) in [4.78, 5) is 12.1. The van der Waals surface area contributed by atoms with Crippen molar-refractivity contribution in [3.63, 3.8) is 0 Å². The van der Waals surface area contributed by atoms with Gasteiger partial charge in [0.15, 0.2) is 5.11 Å². The van der Waals surface area contributed by atoms with Gasteiger partial charge in [0.25, 0.3) is 5.91 Å². The Morgan fingerprint density at radius 2 is 1.96 bits per heavy atom. The van der Waals surface area contributed by atoms with Crippen molar-refractivity contribution < 1.29 is 9.53 Å². The van der Waals surface area contributed by atoms with E-state index in [1.165, 1.54) is 12.1 Å². The first-order valence-electron chi connectivity index (χ1n) is 6.31. The number of hydrogen-bond donors (Lipinski definition) is 2. The van der Waals surface area contributed by atoms with Crippen molar-refractivity contribution in [1.29, 1.82) is 0 Å². The van der Waals surface area contributed by atoms with E-state index in [1.54, 1.807) is 31.4 Å². The van der Waals surface area contributed by atoms with Crippen molar-refractivity contribution in [3.05, 3.63) is 56.5 Å². The third-order valence-electron chi connectivity index (χ3n) is 2.81. The quantitative estimate of drug-likeness (QED) is 0.676. The van der Waals surface area contributed by atoms with E-state index in [9.17, 15) is 4.79 Å². The van der Waals surface area contributed by atoms with Gasteiger partial charge in [0.05, 0.1) is 22.2 Å². The van der Waals surface area contributed by atoms with E-state index in [1.807, 2.05) is 0 Å². The fraction of sp³-hybridized carbons (Fsp3) is 0.0667. The zero-order valence-corrected chi connectivity index (χ0v) is 15.7. The van der Waals surface area contributed by atoms with Crippen LogP contribution >= 0.6 is 51.3 Å². The molecule has 0 saturated carbocycles. The Bertz CT molecular complexity index is 771. The largest absolute Gasteiger partial charge is 0.496 e. The predicted molar refractivity (Wildman–Crippen MR) is 101 cm³/mol. The Kier molecular flexibility index (Phi) is 6.24. The second-order valence-electron chi connectivity index (χ2n) is 4.38. The summed E-state index contributed by atoms with van der Waals surface area (Å²) in [5.74, 6) is 0.273. The molecule has 0 aliphatic rings. The van der Waals surface area contributed by atoms with Gasteiger partial charge < -0.3 is 10.1 Å². The van der Waals surface area contributed by atoms with E-state index >= 15 is 0 Å². The van der Waals surface area contributed by atoms with Crippen LogP contribution in [-0.2, 0) is 0 Å². The number of carbonyl (C=O) groups excluding carboxylic acids is 1. The summed E-state index contributed by atoms with van der Waals surface area (Å²) in [5, 5.41) is 6.33. The van der Waals surface area contributed by atoms with Gasteiger partial charge in [-0.3, -0.25) is 10.1 Å². The molecule has 0 spiro atoms. The van der Waals surface area contributed by atoms with Gasteiger partial charge in [-0.25, -0.2) is 0 Å². The van der Waals surface area contributed by atoms with Gasteiger partial charge in [-0.05, 0) is 64.5 Å². The molecule has 2 aromatic carbocycles. The minimum atomic E-state index is -0.420. The summed E-state index contributed by atoms with van der Waals surface area (Å²) in [6.45, 7) is 0. The molecule has 1 amide bonds. The molecule has 2 rings (SSSR count). The first-order chi connectivity index (χ1) is 10.9. The van der Waals surface area contributed by atoms with Crippen molar-refractivity contribution in [1.82, 2.24) is 5.32 Å². The van der Waals surface area contributed by atoms with Crippen LogP contribution in [0.2, 0.25) is 10.0 Å². The van der Waals surface area contributed by atoms with Crippen LogP contribution in [0.5, 0.6) is 5.75 Å². The molecule has 0 aliphatic heterocycles. The fourth-order valence-electron chi connectivity index (χ4n) is 1.75. The standard InChI is InChI=1S/C15H11BrCl2N2O2S/c1-22-13-5-3-9(7-11(13)16)19-15(23)20-14(21)10-4-2-8(17)6-12(10)18/h2-7H,1H3,(H2,19,20,21,23). The highest BCUT2D eigenvalue weighted by atomic mass is 79.9. The van der Waals surface area contributed by atoms with Crippen molar-refractivity contribution in [2.75, 3.05) is 12.4 Å². The van der Waals surface area contributed by atoms with Crippen molar-refractivity contribution in [2.24, 2.45) is 0 Å². The highest BCUT2D eigenvalue weighted by Crippen LogP contribution is 2.27. The molecule has 0 bridgehead atoms. The zero-order chi connectivity index (χ0) is 17.0. The van der Waals surface area contributed by atoms with Crippen molar-refractivity contribution >= 4 is 68.1 Å². The lowest BCUT2D eigenvalue weighted by Gasteiger charge is -2.11. The molecule has 0 radical (unpaired) electrons. The highest BCUT2D eigenvalue weighted by molar-refractivity contribution is 9.10. The van der Waals surface area contributed by atoms with Crippen LogP contribution in [0.15, 0.2) is 40.9 Å². The number of halogens is 3. The van der Waals surface area contributed by atoms with Crippen LogP contribution in [0.1, 0.15) is 10.4 Å². The maximum absolute atomic E-state index is 12.1. The Morgan fingerprint density at radius 1 is 1.22 bits per heavy atom. The molecule has 2 aromatic rings. The maximum Gasteiger partial charge on any atom is 0.258 e. The number of carbonyl (C=O) groups is 1. The van der Waals surface area contributed by atoms with Gasteiger partial charge in [-0.2, -0.15) is 0 Å². The zero-order valence-electron chi connectivity index (χ0n) is 11.8. The number of benzene rings is 2. The Hall–Kier alpha value is -1.34. The first kappa shape index (κ1) is 18.0. The SMILES string of the molecule is COc1ccc(NC(=S)NC(=O)c2ccc(Cl)cc2Cl)cc1Br. The van der Waals surface area contributed by atoms with Crippen molar-refractivity contribution in [2.45, 2.75) is 0 Å². The number of rotatable bonds is 3. The van der Waals surface area contributed by atoms with E-state index in [2.05, 4.69) is 26.6 Å². The molecule has 0 heterocycles. The van der Waals surface area contributed by atoms with Crippen LogP contribution in [0.25, 0.3) is 0 Å². The molecule has 0 aliphatic carbocycles. The summed E-state index contributed by atoms with van der Waals surface area (Å²) < 4.78 is 5.91. The first-order valence-corrected chi connectivity index (χ1v) is 8.27.